The number of fused-ring (bicyclic) bond motifs is 5. The van der Waals surface area contributed by atoms with Crippen LogP contribution in [0.4, 0.5) is 0 Å². The van der Waals surface area contributed by atoms with Crippen LogP contribution >= 0.6 is 0 Å². The van der Waals surface area contributed by atoms with Crippen LogP contribution in [0.1, 0.15) is 26.2 Å². The van der Waals surface area contributed by atoms with Crippen molar-refractivity contribution in [3.8, 4) is 0 Å². The Labute approximate surface area is 117 Å². The molecule has 5 heteroatoms. The normalized spacial score (nSPS) is 35.6. The number of carbonyl (C=O) groups is 3. The summed E-state index contributed by atoms with van der Waals surface area (Å²) in [6, 6.07) is -0.755. The van der Waals surface area contributed by atoms with Crippen LogP contribution in [0.3, 0.4) is 0 Å². The maximum Gasteiger partial charge on any atom is 0.329 e. The molecule has 1 saturated heterocycles. The molecule has 2 fully saturated rings. The van der Waals surface area contributed by atoms with Crippen molar-refractivity contribution < 1.29 is 19.1 Å². The van der Waals surface area contributed by atoms with Gasteiger partial charge in [-0.1, -0.05) is 25.5 Å². The lowest BCUT2D eigenvalue weighted by atomic mass is 9.85. The molecular formula is C15H19NO4. The first-order valence-electron chi connectivity index (χ1n) is 7.23. The molecule has 108 valence electrons. The first kappa shape index (κ1) is 13.3. The summed E-state index contributed by atoms with van der Waals surface area (Å²) in [7, 11) is 1.29. The van der Waals surface area contributed by atoms with Gasteiger partial charge in [0.05, 0.1) is 18.9 Å². The number of esters is 1. The molecule has 1 saturated carbocycles. The van der Waals surface area contributed by atoms with Crippen molar-refractivity contribution >= 4 is 17.8 Å². The standard InChI is InChI=1S/C15H19NO4/c1-3-4-10(15(19)20-2)16-13(17)11-8-5-6-9(7-8)12(11)14(16)18/h5-6,8-12H,3-4,7H2,1-2H3/t8-,9-,10+,11-,12-/m0/s1. The summed E-state index contributed by atoms with van der Waals surface area (Å²) in [4.78, 5) is 38.3. The van der Waals surface area contributed by atoms with Gasteiger partial charge in [-0.2, -0.15) is 0 Å². The lowest BCUT2D eigenvalue weighted by molar-refractivity contribution is -0.157. The highest BCUT2D eigenvalue weighted by molar-refractivity contribution is 6.08. The molecule has 0 aromatic heterocycles. The number of hydrogen-bond donors (Lipinski definition) is 0. The van der Waals surface area contributed by atoms with Crippen molar-refractivity contribution in [1.82, 2.24) is 4.90 Å². The van der Waals surface area contributed by atoms with E-state index in [1.54, 1.807) is 0 Å². The average Bonchev–Trinajstić information content (AvgIpc) is 3.11. The lowest BCUT2D eigenvalue weighted by Crippen LogP contribution is -2.46. The summed E-state index contributed by atoms with van der Waals surface area (Å²) < 4.78 is 4.76. The van der Waals surface area contributed by atoms with Crippen molar-refractivity contribution in [2.75, 3.05) is 7.11 Å². The fourth-order valence-electron chi connectivity index (χ4n) is 3.99. The molecule has 3 aliphatic rings. The number of rotatable bonds is 4. The third kappa shape index (κ3) is 1.65. The highest BCUT2D eigenvalue weighted by Crippen LogP contribution is 2.53. The minimum Gasteiger partial charge on any atom is -0.467 e. The van der Waals surface area contributed by atoms with Crippen LogP contribution in [0, 0.1) is 23.7 Å². The van der Waals surface area contributed by atoms with E-state index in [0.29, 0.717) is 6.42 Å². The summed E-state index contributed by atoms with van der Waals surface area (Å²) in [5, 5.41) is 0. The van der Waals surface area contributed by atoms with Crippen LogP contribution < -0.4 is 0 Å². The van der Waals surface area contributed by atoms with Gasteiger partial charge in [-0.15, -0.1) is 0 Å². The van der Waals surface area contributed by atoms with E-state index in [4.69, 9.17) is 4.74 Å². The molecule has 0 N–H and O–H groups in total. The van der Waals surface area contributed by atoms with Crippen LogP contribution in [0.2, 0.25) is 0 Å². The zero-order valence-electron chi connectivity index (χ0n) is 11.7. The van der Waals surface area contributed by atoms with E-state index >= 15 is 0 Å². The Kier molecular flexibility index (Phi) is 3.15. The Morgan fingerprint density at radius 2 is 1.85 bits per heavy atom. The molecule has 0 aromatic carbocycles. The van der Waals surface area contributed by atoms with Crippen molar-refractivity contribution in [2.45, 2.75) is 32.2 Å². The highest BCUT2D eigenvalue weighted by atomic mass is 16.5. The van der Waals surface area contributed by atoms with E-state index in [1.807, 2.05) is 19.1 Å². The minimum absolute atomic E-state index is 0.173. The maximum absolute atomic E-state index is 12.6. The van der Waals surface area contributed by atoms with Crippen molar-refractivity contribution in [3.63, 3.8) is 0 Å². The molecule has 1 aliphatic heterocycles. The minimum atomic E-state index is -0.755. The molecule has 2 aliphatic carbocycles. The van der Waals surface area contributed by atoms with Crippen LogP contribution in [0.5, 0.6) is 0 Å². The second kappa shape index (κ2) is 4.72. The monoisotopic (exact) mass is 277 g/mol. The largest absolute Gasteiger partial charge is 0.467 e. The van der Waals surface area contributed by atoms with Gasteiger partial charge < -0.3 is 4.74 Å². The van der Waals surface area contributed by atoms with Crippen LogP contribution in [0.25, 0.3) is 0 Å². The molecule has 0 radical (unpaired) electrons. The van der Waals surface area contributed by atoms with Crippen molar-refractivity contribution in [2.24, 2.45) is 23.7 Å². The van der Waals surface area contributed by atoms with Gasteiger partial charge in [0.2, 0.25) is 11.8 Å². The number of hydrogen-bond acceptors (Lipinski definition) is 4. The Morgan fingerprint density at radius 3 is 2.30 bits per heavy atom. The second-order valence-corrected chi connectivity index (χ2v) is 5.87. The second-order valence-electron chi connectivity index (χ2n) is 5.87. The first-order valence-corrected chi connectivity index (χ1v) is 7.23. The predicted molar refractivity (Wildman–Crippen MR) is 70.3 cm³/mol. The molecule has 2 bridgehead atoms. The van der Waals surface area contributed by atoms with Crippen LogP contribution in [-0.4, -0.2) is 35.8 Å². The van der Waals surface area contributed by atoms with Gasteiger partial charge in [0.15, 0.2) is 0 Å². The Hall–Kier alpha value is -1.65. The highest BCUT2D eigenvalue weighted by Gasteiger charge is 2.61. The summed E-state index contributed by atoms with van der Waals surface area (Å²) >= 11 is 0. The molecular weight excluding hydrogens is 258 g/mol. The van der Waals surface area contributed by atoms with E-state index in [0.717, 1.165) is 12.8 Å². The van der Waals surface area contributed by atoms with E-state index in [-0.39, 0.29) is 35.5 Å². The molecule has 20 heavy (non-hydrogen) atoms. The number of ether oxygens (including phenoxy) is 1. The Bertz CT molecular complexity index is 468. The number of carbonyl (C=O) groups excluding carboxylic acids is 3. The number of imide groups is 1. The van der Waals surface area contributed by atoms with E-state index in [2.05, 4.69) is 0 Å². The van der Waals surface area contributed by atoms with Gasteiger partial charge in [-0.05, 0) is 24.7 Å². The molecule has 0 unspecified atom stereocenters. The molecule has 3 rings (SSSR count). The zero-order chi connectivity index (χ0) is 14.4. The molecule has 0 spiro atoms. The summed E-state index contributed by atoms with van der Waals surface area (Å²) in [5.74, 6) is -1.00. The van der Waals surface area contributed by atoms with E-state index in [1.165, 1.54) is 12.0 Å². The number of allylic oxidation sites excluding steroid dienone is 2. The molecule has 1 heterocycles. The fraction of sp³-hybridized carbons (Fsp3) is 0.667. The van der Waals surface area contributed by atoms with Crippen molar-refractivity contribution in [3.05, 3.63) is 12.2 Å². The summed E-state index contributed by atoms with van der Waals surface area (Å²) in [6.07, 6.45) is 6.18. The summed E-state index contributed by atoms with van der Waals surface area (Å²) in [5.41, 5.74) is 0. The average molecular weight is 277 g/mol. The van der Waals surface area contributed by atoms with Crippen LogP contribution in [-0.2, 0) is 19.1 Å². The lowest BCUT2D eigenvalue weighted by Gasteiger charge is -2.25. The Morgan fingerprint density at radius 1 is 1.30 bits per heavy atom. The van der Waals surface area contributed by atoms with Gasteiger partial charge >= 0.3 is 5.97 Å². The number of methoxy groups -OCH3 is 1. The van der Waals surface area contributed by atoms with Crippen molar-refractivity contribution in [1.29, 1.82) is 0 Å². The summed E-state index contributed by atoms with van der Waals surface area (Å²) in [6.45, 7) is 1.92. The quantitative estimate of drug-likeness (QED) is 0.439. The third-order valence-electron chi connectivity index (χ3n) is 4.85. The van der Waals surface area contributed by atoms with Gasteiger partial charge in [0, 0.05) is 0 Å². The number of likely N-dealkylation sites (tertiary alicyclic amines) is 1. The fourth-order valence-corrected chi connectivity index (χ4v) is 3.99. The van der Waals surface area contributed by atoms with Gasteiger partial charge in [-0.3, -0.25) is 14.5 Å². The SMILES string of the molecule is CCC[C@H](C(=O)OC)N1C(=O)[C@@H]2[C@@H](C1=O)[C@H]1C=C[C@H]2C1. The molecule has 5 nitrogen and oxygen atoms in total. The number of nitrogens with zero attached hydrogens (tertiary/aromatic N) is 1. The van der Waals surface area contributed by atoms with E-state index < -0.39 is 12.0 Å². The molecule has 0 aromatic rings. The topological polar surface area (TPSA) is 63.7 Å². The van der Waals surface area contributed by atoms with Crippen LogP contribution in [0.15, 0.2) is 12.2 Å². The molecule has 5 atom stereocenters. The van der Waals surface area contributed by atoms with Gasteiger partial charge in [-0.25, -0.2) is 4.79 Å². The zero-order valence-corrected chi connectivity index (χ0v) is 11.7. The smallest absolute Gasteiger partial charge is 0.329 e. The first-order chi connectivity index (χ1) is 9.60. The van der Waals surface area contributed by atoms with Gasteiger partial charge in [0.1, 0.15) is 6.04 Å². The van der Waals surface area contributed by atoms with Gasteiger partial charge in [0.25, 0.3) is 0 Å². The van der Waals surface area contributed by atoms with E-state index in [9.17, 15) is 14.4 Å². The molecule has 2 amide bonds. The third-order valence-corrected chi connectivity index (χ3v) is 4.85. The predicted octanol–water partition coefficient (Wildman–Crippen LogP) is 1.14. The Balaban J connectivity index is 1.90. The number of amides is 2. The maximum atomic E-state index is 12.6.